The number of benzene rings is 1. The van der Waals surface area contributed by atoms with Gasteiger partial charge in [-0.2, -0.15) is 0 Å². The molecule has 1 aromatic rings. The first-order chi connectivity index (χ1) is 7.22. The van der Waals surface area contributed by atoms with Gasteiger partial charge in [0.2, 0.25) is 0 Å². The average Bonchev–Trinajstić information content (AvgIpc) is 2.15. The molecule has 0 aromatic heterocycles. The molecule has 0 spiro atoms. The predicted molar refractivity (Wildman–Crippen MR) is 73.2 cm³/mol. The van der Waals surface area contributed by atoms with E-state index in [9.17, 15) is 0 Å². The molecule has 1 aromatic carbocycles. The van der Waals surface area contributed by atoms with Crippen LogP contribution in [-0.2, 0) is 11.0 Å². The standard InChI is InChI=1S/C14H24OSi/c1-12-7-9-13(10-8-12)11-15-16(5,6)14(2,3)4/h7-10H,11H2,1-6H3. The van der Waals surface area contributed by atoms with Crippen LogP contribution in [0.25, 0.3) is 0 Å². The van der Waals surface area contributed by atoms with E-state index in [1.807, 2.05) is 0 Å². The van der Waals surface area contributed by atoms with E-state index in [-0.39, 0.29) is 5.04 Å². The Morgan fingerprint density at radius 1 is 1.06 bits per heavy atom. The lowest BCUT2D eigenvalue weighted by molar-refractivity contribution is 0.276. The van der Waals surface area contributed by atoms with Crippen LogP contribution in [0, 0.1) is 6.92 Å². The minimum absolute atomic E-state index is 0.289. The molecule has 1 nitrogen and oxygen atoms in total. The normalized spacial score (nSPS) is 12.9. The Kier molecular flexibility index (Phi) is 3.97. The topological polar surface area (TPSA) is 9.23 Å². The Hall–Kier alpha value is -0.603. The van der Waals surface area contributed by atoms with Gasteiger partial charge >= 0.3 is 0 Å². The number of rotatable bonds is 3. The van der Waals surface area contributed by atoms with Crippen molar-refractivity contribution in [3.05, 3.63) is 35.4 Å². The summed E-state index contributed by atoms with van der Waals surface area (Å²) >= 11 is 0. The monoisotopic (exact) mass is 236 g/mol. The molecule has 0 saturated carbocycles. The van der Waals surface area contributed by atoms with Crippen LogP contribution in [-0.4, -0.2) is 8.32 Å². The van der Waals surface area contributed by atoms with Crippen molar-refractivity contribution in [2.24, 2.45) is 0 Å². The summed E-state index contributed by atoms with van der Waals surface area (Å²) in [7, 11) is -1.60. The molecular formula is C14H24OSi. The van der Waals surface area contributed by atoms with Crippen molar-refractivity contribution in [1.82, 2.24) is 0 Å². The summed E-state index contributed by atoms with van der Waals surface area (Å²) in [6.45, 7) is 14.3. The fourth-order valence-corrected chi connectivity index (χ4v) is 2.13. The fourth-order valence-electron chi connectivity index (χ4n) is 1.16. The van der Waals surface area contributed by atoms with E-state index < -0.39 is 8.32 Å². The van der Waals surface area contributed by atoms with Crippen molar-refractivity contribution in [1.29, 1.82) is 0 Å². The minimum atomic E-state index is -1.60. The maximum absolute atomic E-state index is 6.16. The summed E-state index contributed by atoms with van der Waals surface area (Å²) in [5.41, 5.74) is 2.58. The first-order valence-corrected chi connectivity index (χ1v) is 8.83. The number of hydrogen-bond acceptors (Lipinski definition) is 1. The zero-order valence-corrected chi connectivity index (χ0v) is 12.4. The van der Waals surface area contributed by atoms with Crippen LogP contribution >= 0.6 is 0 Å². The van der Waals surface area contributed by atoms with E-state index in [0.717, 1.165) is 6.61 Å². The van der Waals surface area contributed by atoms with Crippen molar-refractivity contribution in [3.63, 3.8) is 0 Å². The molecule has 0 aliphatic rings. The van der Waals surface area contributed by atoms with Crippen molar-refractivity contribution in [2.75, 3.05) is 0 Å². The number of aryl methyl sites for hydroxylation is 1. The van der Waals surface area contributed by atoms with Gasteiger partial charge in [-0.1, -0.05) is 50.6 Å². The first kappa shape index (κ1) is 13.5. The highest BCUT2D eigenvalue weighted by atomic mass is 28.4. The van der Waals surface area contributed by atoms with Gasteiger partial charge in [-0.05, 0) is 30.6 Å². The maximum Gasteiger partial charge on any atom is 0.192 e. The van der Waals surface area contributed by atoms with E-state index in [1.54, 1.807) is 0 Å². The quantitative estimate of drug-likeness (QED) is 0.701. The van der Waals surface area contributed by atoms with E-state index in [0.29, 0.717) is 0 Å². The molecule has 0 unspecified atom stereocenters. The molecule has 0 aliphatic carbocycles. The Labute approximate surface area is 101 Å². The Bertz CT molecular complexity index is 333. The second kappa shape index (κ2) is 4.72. The maximum atomic E-state index is 6.16. The zero-order valence-electron chi connectivity index (χ0n) is 11.4. The van der Waals surface area contributed by atoms with Crippen LogP contribution in [0.15, 0.2) is 24.3 Å². The molecule has 0 saturated heterocycles. The van der Waals surface area contributed by atoms with E-state index in [4.69, 9.17) is 4.43 Å². The highest BCUT2D eigenvalue weighted by Crippen LogP contribution is 2.36. The third-order valence-electron chi connectivity index (χ3n) is 3.53. The van der Waals surface area contributed by atoms with E-state index in [1.165, 1.54) is 11.1 Å². The van der Waals surface area contributed by atoms with E-state index >= 15 is 0 Å². The van der Waals surface area contributed by atoms with Crippen molar-refractivity contribution < 1.29 is 4.43 Å². The summed E-state index contributed by atoms with van der Waals surface area (Å²) in [6, 6.07) is 8.60. The molecule has 90 valence electrons. The highest BCUT2D eigenvalue weighted by molar-refractivity contribution is 6.74. The van der Waals surface area contributed by atoms with Gasteiger partial charge in [0.05, 0.1) is 6.61 Å². The van der Waals surface area contributed by atoms with Crippen LogP contribution in [0.5, 0.6) is 0 Å². The molecule has 0 bridgehead atoms. The van der Waals surface area contributed by atoms with Crippen molar-refractivity contribution in [2.45, 2.75) is 52.4 Å². The molecule has 0 heterocycles. The Morgan fingerprint density at radius 3 is 2.00 bits per heavy atom. The molecule has 0 radical (unpaired) electrons. The largest absolute Gasteiger partial charge is 0.413 e. The molecule has 0 aliphatic heterocycles. The molecule has 2 heteroatoms. The van der Waals surface area contributed by atoms with Crippen molar-refractivity contribution in [3.8, 4) is 0 Å². The molecule has 0 N–H and O–H groups in total. The summed E-state index contributed by atoms with van der Waals surface area (Å²) < 4.78 is 6.16. The van der Waals surface area contributed by atoms with Gasteiger partial charge in [0.25, 0.3) is 0 Å². The Morgan fingerprint density at radius 2 is 1.56 bits per heavy atom. The SMILES string of the molecule is Cc1ccc(CO[Si](C)(C)C(C)(C)C)cc1. The van der Waals surface area contributed by atoms with Crippen LogP contribution in [0.4, 0.5) is 0 Å². The number of hydrogen-bond donors (Lipinski definition) is 0. The second-order valence-corrected chi connectivity index (χ2v) is 10.8. The van der Waals surface area contributed by atoms with E-state index in [2.05, 4.69) is 65.1 Å². The molecular weight excluding hydrogens is 212 g/mol. The zero-order chi connectivity index (χ0) is 12.4. The lowest BCUT2D eigenvalue weighted by Gasteiger charge is -2.36. The van der Waals surface area contributed by atoms with Gasteiger partial charge in [0.15, 0.2) is 8.32 Å². The Balaban J connectivity index is 2.61. The summed E-state index contributed by atoms with van der Waals surface area (Å²) in [5, 5.41) is 0.289. The second-order valence-electron chi connectivity index (χ2n) is 6.03. The highest BCUT2D eigenvalue weighted by Gasteiger charge is 2.36. The van der Waals surface area contributed by atoms with Crippen LogP contribution < -0.4 is 0 Å². The third kappa shape index (κ3) is 3.46. The van der Waals surface area contributed by atoms with Crippen LogP contribution in [0.1, 0.15) is 31.9 Å². The van der Waals surface area contributed by atoms with Gasteiger partial charge in [-0.3, -0.25) is 0 Å². The fraction of sp³-hybridized carbons (Fsp3) is 0.571. The lowest BCUT2D eigenvalue weighted by atomic mass is 10.2. The van der Waals surface area contributed by atoms with Crippen LogP contribution in [0.2, 0.25) is 18.1 Å². The smallest absolute Gasteiger partial charge is 0.192 e. The molecule has 1 rings (SSSR count). The first-order valence-electron chi connectivity index (χ1n) is 5.92. The lowest BCUT2D eigenvalue weighted by Crippen LogP contribution is -2.40. The summed E-state index contributed by atoms with van der Waals surface area (Å²) in [6.07, 6.45) is 0. The van der Waals surface area contributed by atoms with Gasteiger partial charge in [-0.15, -0.1) is 0 Å². The van der Waals surface area contributed by atoms with Gasteiger partial charge < -0.3 is 4.43 Å². The molecule has 16 heavy (non-hydrogen) atoms. The van der Waals surface area contributed by atoms with Gasteiger partial charge in [0.1, 0.15) is 0 Å². The summed E-state index contributed by atoms with van der Waals surface area (Å²) in [4.78, 5) is 0. The minimum Gasteiger partial charge on any atom is -0.413 e. The van der Waals surface area contributed by atoms with Crippen LogP contribution in [0.3, 0.4) is 0 Å². The average molecular weight is 236 g/mol. The molecule has 0 fully saturated rings. The molecule has 0 amide bonds. The summed E-state index contributed by atoms with van der Waals surface area (Å²) in [5.74, 6) is 0. The van der Waals surface area contributed by atoms with Crippen molar-refractivity contribution >= 4 is 8.32 Å². The predicted octanol–water partition coefficient (Wildman–Crippen LogP) is 4.52. The third-order valence-corrected chi connectivity index (χ3v) is 8.00. The molecule has 0 atom stereocenters. The van der Waals surface area contributed by atoms with Gasteiger partial charge in [-0.25, -0.2) is 0 Å². The van der Waals surface area contributed by atoms with Gasteiger partial charge in [0, 0.05) is 0 Å².